The van der Waals surface area contributed by atoms with Gasteiger partial charge in [-0.3, -0.25) is 14.7 Å². The predicted octanol–water partition coefficient (Wildman–Crippen LogP) is 3.34. The second kappa shape index (κ2) is 6.99. The summed E-state index contributed by atoms with van der Waals surface area (Å²) in [5.41, 5.74) is 3.13. The van der Waals surface area contributed by atoms with Crippen molar-refractivity contribution in [2.75, 3.05) is 13.1 Å². The van der Waals surface area contributed by atoms with E-state index in [1.807, 2.05) is 18.2 Å². The van der Waals surface area contributed by atoms with Gasteiger partial charge >= 0.3 is 0 Å². The number of carbonyl (C=O) groups is 1. The molecule has 0 radical (unpaired) electrons. The number of likely N-dealkylation sites (tertiary alicyclic amines) is 1. The van der Waals surface area contributed by atoms with Crippen LogP contribution in [0.25, 0.3) is 10.9 Å². The number of amides is 1. The van der Waals surface area contributed by atoms with Crippen LogP contribution in [0.1, 0.15) is 53.6 Å². The van der Waals surface area contributed by atoms with E-state index in [9.17, 15) is 18.7 Å². The van der Waals surface area contributed by atoms with Crippen LogP contribution in [0, 0.1) is 0 Å². The van der Waals surface area contributed by atoms with Crippen molar-refractivity contribution in [3.8, 4) is 0 Å². The SMILES string of the molecule is O=C1c2cc(CN3CCC(F)(F)C3)c3cccnc3c2CN1C1CCCCC1O. The van der Waals surface area contributed by atoms with Crippen LogP contribution >= 0.6 is 0 Å². The Morgan fingerprint density at radius 2 is 2.10 bits per heavy atom. The van der Waals surface area contributed by atoms with Crippen molar-refractivity contribution < 1.29 is 18.7 Å². The minimum absolute atomic E-state index is 0.0773. The van der Waals surface area contributed by atoms with Gasteiger partial charge in [0, 0.05) is 48.8 Å². The molecule has 2 aliphatic heterocycles. The van der Waals surface area contributed by atoms with E-state index in [4.69, 9.17) is 0 Å². The number of nitrogens with zero attached hydrogens (tertiary/aromatic N) is 3. The molecule has 2 aromatic rings. The van der Waals surface area contributed by atoms with Crippen molar-refractivity contribution in [2.45, 2.75) is 63.3 Å². The first-order valence-electron chi connectivity index (χ1n) is 10.4. The van der Waals surface area contributed by atoms with E-state index in [0.717, 1.165) is 47.7 Å². The first-order chi connectivity index (χ1) is 13.9. The number of halogens is 2. The zero-order chi connectivity index (χ0) is 20.2. The molecule has 1 saturated carbocycles. The first-order valence-corrected chi connectivity index (χ1v) is 10.4. The van der Waals surface area contributed by atoms with Crippen LogP contribution in [-0.2, 0) is 13.1 Å². The Balaban J connectivity index is 1.51. The highest BCUT2D eigenvalue weighted by Crippen LogP contribution is 2.37. The molecule has 3 heterocycles. The summed E-state index contributed by atoms with van der Waals surface area (Å²) in [5, 5.41) is 11.4. The third-order valence-electron chi connectivity index (χ3n) is 6.64. The molecule has 1 amide bonds. The van der Waals surface area contributed by atoms with Crippen molar-refractivity contribution in [2.24, 2.45) is 0 Å². The topological polar surface area (TPSA) is 56.7 Å². The van der Waals surface area contributed by atoms with Gasteiger partial charge in [-0.1, -0.05) is 18.9 Å². The summed E-state index contributed by atoms with van der Waals surface area (Å²) >= 11 is 0. The maximum Gasteiger partial charge on any atom is 0.261 e. The van der Waals surface area contributed by atoms with Gasteiger partial charge in [0.2, 0.25) is 0 Å². The summed E-state index contributed by atoms with van der Waals surface area (Å²) in [5.74, 6) is -2.72. The lowest BCUT2D eigenvalue weighted by molar-refractivity contribution is 0.0115. The second-order valence-electron chi connectivity index (χ2n) is 8.63. The van der Waals surface area contributed by atoms with E-state index in [1.165, 1.54) is 0 Å². The summed E-state index contributed by atoms with van der Waals surface area (Å²) in [6, 6.07) is 5.50. The number of hydrogen-bond donors (Lipinski definition) is 1. The Bertz CT molecular complexity index is 964. The van der Waals surface area contributed by atoms with Crippen molar-refractivity contribution in [3.63, 3.8) is 0 Å². The quantitative estimate of drug-likeness (QED) is 0.857. The van der Waals surface area contributed by atoms with Gasteiger partial charge in [0.15, 0.2) is 0 Å². The predicted molar refractivity (Wildman–Crippen MR) is 105 cm³/mol. The molecule has 1 aromatic heterocycles. The van der Waals surface area contributed by atoms with Gasteiger partial charge in [-0.2, -0.15) is 0 Å². The van der Waals surface area contributed by atoms with Gasteiger partial charge in [0.25, 0.3) is 11.8 Å². The molecule has 0 bridgehead atoms. The van der Waals surface area contributed by atoms with Crippen LogP contribution in [0.15, 0.2) is 24.4 Å². The number of aromatic nitrogens is 1. The van der Waals surface area contributed by atoms with Crippen molar-refractivity contribution >= 4 is 16.8 Å². The van der Waals surface area contributed by atoms with E-state index in [2.05, 4.69) is 4.98 Å². The Morgan fingerprint density at radius 3 is 2.86 bits per heavy atom. The van der Waals surface area contributed by atoms with E-state index < -0.39 is 12.0 Å². The van der Waals surface area contributed by atoms with Crippen LogP contribution in [0.5, 0.6) is 0 Å². The normalized spacial score (nSPS) is 27.0. The molecule has 29 heavy (non-hydrogen) atoms. The van der Waals surface area contributed by atoms with Crippen LogP contribution in [0.4, 0.5) is 8.78 Å². The van der Waals surface area contributed by atoms with Crippen LogP contribution < -0.4 is 0 Å². The number of fused-ring (bicyclic) bond motifs is 3. The number of alkyl halides is 2. The van der Waals surface area contributed by atoms with Crippen molar-refractivity contribution in [1.29, 1.82) is 0 Å². The zero-order valence-electron chi connectivity index (χ0n) is 16.3. The van der Waals surface area contributed by atoms with Crippen molar-refractivity contribution in [1.82, 2.24) is 14.8 Å². The smallest absolute Gasteiger partial charge is 0.261 e. The molecule has 2 unspecified atom stereocenters. The van der Waals surface area contributed by atoms with Gasteiger partial charge in [0.1, 0.15) is 0 Å². The fourth-order valence-corrected chi connectivity index (χ4v) is 5.16. The average molecular weight is 401 g/mol. The Morgan fingerprint density at radius 1 is 1.28 bits per heavy atom. The lowest BCUT2D eigenvalue weighted by Gasteiger charge is -2.35. The molecule has 5 rings (SSSR count). The van der Waals surface area contributed by atoms with E-state index in [1.54, 1.807) is 16.0 Å². The average Bonchev–Trinajstić information content (AvgIpc) is 3.22. The molecule has 1 aromatic carbocycles. The maximum absolute atomic E-state index is 13.6. The number of hydrogen-bond acceptors (Lipinski definition) is 4. The Hall–Kier alpha value is -2.12. The molecule has 2 fully saturated rings. The summed E-state index contributed by atoms with van der Waals surface area (Å²) in [6.07, 6.45) is 4.61. The van der Waals surface area contributed by atoms with Gasteiger partial charge in [0.05, 0.1) is 24.2 Å². The van der Waals surface area contributed by atoms with Crippen LogP contribution in [-0.4, -0.2) is 57.0 Å². The molecule has 5 nitrogen and oxygen atoms in total. The summed E-state index contributed by atoms with van der Waals surface area (Å²) < 4.78 is 27.3. The number of aliphatic hydroxyl groups excluding tert-OH is 1. The molecule has 2 atom stereocenters. The fourth-order valence-electron chi connectivity index (χ4n) is 5.16. The standard InChI is InChI=1S/C22H25F2N3O2/c23-22(24)7-9-26(13-22)11-14-10-16-17(20-15(14)4-3-8-25-20)12-27(21(16)29)18-5-1-2-6-19(18)28/h3-4,8,10,18-19,28H,1-2,5-7,9,11-13H2. The van der Waals surface area contributed by atoms with E-state index in [0.29, 0.717) is 25.2 Å². The van der Waals surface area contributed by atoms with E-state index in [-0.39, 0.29) is 24.9 Å². The second-order valence-corrected chi connectivity index (χ2v) is 8.63. The lowest BCUT2D eigenvalue weighted by Crippen LogP contribution is -2.45. The number of aliphatic hydroxyl groups is 1. The molecular weight excluding hydrogens is 376 g/mol. The van der Waals surface area contributed by atoms with Gasteiger partial charge in [-0.25, -0.2) is 8.78 Å². The third kappa shape index (κ3) is 3.30. The minimum atomic E-state index is -2.64. The molecule has 7 heteroatoms. The first kappa shape index (κ1) is 18.9. The molecule has 1 N–H and O–H groups in total. The summed E-state index contributed by atoms with van der Waals surface area (Å²) in [6.45, 7) is 0.927. The highest BCUT2D eigenvalue weighted by atomic mass is 19.3. The van der Waals surface area contributed by atoms with Crippen molar-refractivity contribution in [3.05, 3.63) is 41.1 Å². The highest BCUT2D eigenvalue weighted by Gasteiger charge is 2.40. The molecule has 1 saturated heterocycles. The minimum Gasteiger partial charge on any atom is -0.391 e. The molecule has 0 spiro atoms. The van der Waals surface area contributed by atoms with Gasteiger partial charge in [-0.15, -0.1) is 0 Å². The fraction of sp³-hybridized carbons (Fsp3) is 0.545. The summed E-state index contributed by atoms with van der Waals surface area (Å²) in [7, 11) is 0. The Kier molecular flexibility index (Phi) is 4.55. The largest absolute Gasteiger partial charge is 0.391 e. The molecule has 1 aliphatic carbocycles. The molecule has 154 valence electrons. The molecular formula is C22H25F2N3O2. The summed E-state index contributed by atoms with van der Waals surface area (Å²) in [4.78, 5) is 21.3. The number of carbonyl (C=O) groups excluding carboxylic acids is 1. The van der Waals surface area contributed by atoms with Crippen LogP contribution in [0.3, 0.4) is 0 Å². The van der Waals surface area contributed by atoms with Gasteiger partial charge < -0.3 is 10.0 Å². The zero-order valence-corrected chi connectivity index (χ0v) is 16.3. The maximum atomic E-state index is 13.6. The number of pyridine rings is 1. The van der Waals surface area contributed by atoms with Gasteiger partial charge in [-0.05, 0) is 30.5 Å². The number of benzene rings is 1. The highest BCUT2D eigenvalue weighted by molar-refractivity contribution is 6.04. The number of rotatable bonds is 3. The lowest BCUT2D eigenvalue weighted by atomic mass is 9.91. The Labute approximate surface area is 168 Å². The molecule has 3 aliphatic rings. The third-order valence-corrected chi connectivity index (χ3v) is 6.64. The monoisotopic (exact) mass is 401 g/mol. The van der Waals surface area contributed by atoms with Crippen LogP contribution in [0.2, 0.25) is 0 Å². The van der Waals surface area contributed by atoms with E-state index >= 15 is 0 Å².